The average molecular weight is 313 g/mol. The molecule has 116 valence electrons. The SMILES string of the molecule is CC(=O)N[C@@H](C)C(=O)Nc1ccc(OCC(C)C)c(Cl)c1. The van der Waals surface area contributed by atoms with Crippen molar-refractivity contribution in [2.75, 3.05) is 11.9 Å². The molecule has 5 nitrogen and oxygen atoms in total. The van der Waals surface area contributed by atoms with Gasteiger partial charge in [0.15, 0.2) is 0 Å². The maximum Gasteiger partial charge on any atom is 0.246 e. The van der Waals surface area contributed by atoms with E-state index in [2.05, 4.69) is 10.6 Å². The zero-order valence-electron chi connectivity index (χ0n) is 12.7. The van der Waals surface area contributed by atoms with Crippen LogP contribution in [0.5, 0.6) is 5.75 Å². The second-order valence-electron chi connectivity index (χ2n) is 5.26. The van der Waals surface area contributed by atoms with Crippen LogP contribution in [-0.2, 0) is 9.59 Å². The van der Waals surface area contributed by atoms with Crippen LogP contribution in [0.1, 0.15) is 27.7 Å². The highest BCUT2D eigenvalue weighted by atomic mass is 35.5. The first kappa shape index (κ1) is 17.3. The van der Waals surface area contributed by atoms with E-state index in [1.54, 1.807) is 25.1 Å². The molecule has 0 aliphatic carbocycles. The van der Waals surface area contributed by atoms with Gasteiger partial charge in [-0.15, -0.1) is 0 Å². The van der Waals surface area contributed by atoms with Gasteiger partial charge in [-0.3, -0.25) is 9.59 Å². The molecule has 1 aromatic carbocycles. The lowest BCUT2D eigenvalue weighted by Crippen LogP contribution is -2.40. The first-order valence-corrected chi connectivity index (χ1v) is 7.17. The summed E-state index contributed by atoms with van der Waals surface area (Å²) in [7, 11) is 0. The van der Waals surface area contributed by atoms with Crippen molar-refractivity contribution in [3.05, 3.63) is 23.2 Å². The Balaban J connectivity index is 2.66. The van der Waals surface area contributed by atoms with E-state index in [4.69, 9.17) is 16.3 Å². The van der Waals surface area contributed by atoms with E-state index in [9.17, 15) is 9.59 Å². The Bertz CT molecular complexity index is 518. The minimum Gasteiger partial charge on any atom is -0.492 e. The standard InChI is InChI=1S/C15H21ClN2O3/c1-9(2)8-21-14-6-5-12(7-13(14)16)18-15(20)10(3)17-11(4)19/h5-7,9-10H,8H2,1-4H3,(H,17,19)(H,18,20)/t10-/m0/s1. The summed E-state index contributed by atoms with van der Waals surface area (Å²) in [4.78, 5) is 22.8. The number of hydrogen-bond acceptors (Lipinski definition) is 3. The number of carbonyl (C=O) groups excluding carboxylic acids is 2. The van der Waals surface area contributed by atoms with E-state index >= 15 is 0 Å². The highest BCUT2D eigenvalue weighted by Crippen LogP contribution is 2.28. The minimum atomic E-state index is -0.613. The van der Waals surface area contributed by atoms with Crippen LogP contribution in [0, 0.1) is 5.92 Å². The highest BCUT2D eigenvalue weighted by molar-refractivity contribution is 6.32. The predicted molar refractivity (Wildman–Crippen MR) is 83.7 cm³/mol. The number of nitrogens with one attached hydrogen (secondary N) is 2. The van der Waals surface area contributed by atoms with Crippen molar-refractivity contribution in [1.82, 2.24) is 5.32 Å². The van der Waals surface area contributed by atoms with Crippen molar-refractivity contribution < 1.29 is 14.3 Å². The average Bonchev–Trinajstić information content (AvgIpc) is 2.36. The molecule has 21 heavy (non-hydrogen) atoms. The van der Waals surface area contributed by atoms with Gasteiger partial charge in [0.25, 0.3) is 0 Å². The molecular weight excluding hydrogens is 292 g/mol. The molecule has 1 aromatic rings. The molecule has 0 heterocycles. The van der Waals surface area contributed by atoms with Gasteiger partial charge in [0.05, 0.1) is 11.6 Å². The predicted octanol–water partition coefficient (Wildman–Crippen LogP) is 2.84. The van der Waals surface area contributed by atoms with E-state index in [0.29, 0.717) is 29.0 Å². The van der Waals surface area contributed by atoms with Gasteiger partial charge in [-0.25, -0.2) is 0 Å². The van der Waals surface area contributed by atoms with Crippen LogP contribution >= 0.6 is 11.6 Å². The summed E-state index contributed by atoms with van der Waals surface area (Å²) in [6.07, 6.45) is 0. The molecule has 6 heteroatoms. The zero-order valence-corrected chi connectivity index (χ0v) is 13.5. The Labute approximate surface area is 130 Å². The number of amides is 2. The third-order valence-electron chi connectivity index (χ3n) is 2.58. The second-order valence-corrected chi connectivity index (χ2v) is 5.67. The lowest BCUT2D eigenvalue weighted by atomic mass is 10.2. The smallest absolute Gasteiger partial charge is 0.246 e. The first-order chi connectivity index (χ1) is 9.79. The van der Waals surface area contributed by atoms with E-state index in [1.165, 1.54) is 6.92 Å². The van der Waals surface area contributed by atoms with E-state index in [0.717, 1.165) is 0 Å². The number of hydrogen-bond donors (Lipinski definition) is 2. The molecule has 1 rings (SSSR count). The molecular formula is C15H21ClN2O3. The van der Waals surface area contributed by atoms with Crippen LogP contribution in [0.4, 0.5) is 5.69 Å². The topological polar surface area (TPSA) is 67.4 Å². The summed E-state index contributed by atoms with van der Waals surface area (Å²) in [5, 5.41) is 5.63. The third kappa shape index (κ3) is 6.04. The summed E-state index contributed by atoms with van der Waals surface area (Å²) in [5.74, 6) is 0.419. The van der Waals surface area contributed by atoms with E-state index in [1.807, 2.05) is 13.8 Å². The Kier molecular flexibility index (Phi) is 6.49. The van der Waals surface area contributed by atoms with Crippen molar-refractivity contribution in [3.8, 4) is 5.75 Å². The maximum atomic E-state index is 11.9. The molecule has 0 spiro atoms. The Morgan fingerprint density at radius 1 is 1.29 bits per heavy atom. The Morgan fingerprint density at radius 2 is 1.95 bits per heavy atom. The van der Waals surface area contributed by atoms with Gasteiger partial charge < -0.3 is 15.4 Å². The zero-order chi connectivity index (χ0) is 16.0. The van der Waals surface area contributed by atoms with Crippen molar-refractivity contribution in [2.45, 2.75) is 33.7 Å². The van der Waals surface area contributed by atoms with Crippen molar-refractivity contribution in [3.63, 3.8) is 0 Å². The van der Waals surface area contributed by atoms with Gasteiger partial charge in [-0.2, -0.15) is 0 Å². The molecule has 0 radical (unpaired) electrons. The minimum absolute atomic E-state index is 0.256. The van der Waals surface area contributed by atoms with Crippen molar-refractivity contribution in [2.24, 2.45) is 5.92 Å². The number of carbonyl (C=O) groups is 2. The molecule has 2 amide bonds. The van der Waals surface area contributed by atoms with Gasteiger partial charge in [0.2, 0.25) is 11.8 Å². The third-order valence-corrected chi connectivity index (χ3v) is 2.88. The monoisotopic (exact) mass is 312 g/mol. The largest absolute Gasteiger partial charge is 0.492 e. The van der Waals surface area contributed by atoms with Gasteiger partial charge in [0.1, 0.15) is 11.8 Å². The van der Waals surface area contributed by atoms with E-state index < -0.39 is 6.04 Å². The van der Waals surface area contributed by atoms with Gasteiger partial charge in [-0.05, 0) is 31.0 Å². The molecule has 0 bridgehead atoms. The molecule has 1 atom stereocenters. The Morgan fingerprint density at radius 3 is 2.48 bits per heavy atom. The van der Waals surface area contributed by atoms with Crippen molar-refractivity contribution in [1.29, 1.82) is 0 Å². The fourth-order valence-corrected chi connectivity index (χ4v) is 1.81. The molecule has 0 unspecified atom stereocenters. The summed E-state index contributed by atoms with van der Waals surface area (Å²) >= 11 is 6.11. The van der Waals surface area contributed by atoms with Crippen LogP contribution in [-0.4, -0.2) is 24.5 Å². The van der Waals surface area contributed by atoms with Gasteiger partial charge >= 0.3 is 0 Å². The van der Waals surface area contributed by atoms with Crippen LogP contribution in [0.3, 0.4) is 0 Å². The molecule has 0 fully saturated rings. The number of benzene rings is 1. The lowest BCUT2D eigenvalue weighted by molar-refractivity contribution is -0.124. The highest BCUT2D eigenvalue weighted by Gasteiger charge is 2.14. The fraction of sp³-hybridized carbons (Fsp3) is 0.467. The lowest BCUT2D eigenvalue weighted by Gasteiger charge is -2.14. The molecule has 2 N–H and O–H groups in total. The van der Waals surface area contributed by atoms with Crippen molar-refractivity contribution >= 4 is 29.1 Å². The normalized spacial score (nSPS) is 11.9. The Hall–Kier alpha value is -1.75. The quantitative estimate of drug-likeness (QED) is 0.848. The van der Waals surface area contributed by atoms with Crippen LogP contribution in [0.25, 0.3) is 0 Å². The second kappa shape index (κ2) is 7.88. The molecule has 0 saturated carbocycles. The number of ether oxygens (including phenoxy) is 1. The van der Waals surface area contributed by atoms with Gasteiger partial charge in [0, 0.05) is 12.6 Å². The summed E-state index contributed by atoms with van der Waals surface area (Å²) in [5.41, 5.74) is 0.555. The van der Waals surface area contributed by atoms with Crippen LogP contribution in [0.15, 0.2) is 18.2 Å². The van der Waals surface area contributed by atoms with Gasteiger partial charge in [-0.1, -0.05) is 25.4 Å². The maximum absolute atomic E-state index is 11.9. The number of anilines is 1. The van der Waals surface area contributed by atoms with Crippen LogP contribution in [0.2, 0.25) is 5.02 Å². The summed E-state index contributed by atoms with van der Waals surface area (Å²) < 4.78 is 5.56. The summed E-state index contributed by atoms with van der Waals surface area (Å²) in [6.45, 7) is 7.64. The van der Waals surface area contributed by atoms with E-state index in [-0.39, 0.29) is 11.8 Å². The first-order valence-electron chi connectivity index (χ1n) is 6.80. The van der Waals surface area contributed by atoms with Crippen LogP contribution < -0.4 is 15.4 Å². The molecule has 0 aliphatic rings. The number of rotatable bonds is 6. The fourth-order valence-electron chi connectivity index (χ4n) is 1.57. The molecule has 0 saturated heterocycles. The summed E-state index contributed by atoms with van der Waals surface area (Å²) in [6, 6.07) is 4.43. The number of halogens is 1. The molecule has 0 aliphatic heterocycles. The molecule has 0 aromatic heterocycles.